The van der Waals surface area contributed by atoms with Gasteiger partial charge in [0.1, 0.15) is 12.2 Å². The van der Waals surface area contributed by atoms with E-state index in [9.17, 15) is 9.59 Å². The minimum Gasteiger partial charge on any atom is -0.469 e. The van der Waals surface area contributed by atoms with Crippen molar-refractivity contribution in [2.24, 2.45) is 0 Å². The number of carbonyl (C=O) groups is 2. The van der Waals surface area contributed by atoms with Crippen LogP contribution in [0.5, 0.6) is 0 Å². The summed E-state index contributed by atoms with van der Waals surface area (Å²) in [7, 11) is 3.32. The third kappa shape index (κ3) is 3.10. The van der Waals surface area contributed by atoms with E-state index < -0.39 is 5.97 Å². The SMILES string of the molecule is COC(=O)CC(=O)C[C@@H]1CCCN1C. The van der Waals surface area contributed by atoms with Gasteiger partial charge in [-0.15, -0.1) is 0 Å². The molecular weight excluding hydrogens is 182 g/mol. The Bertz CT molecular complexity index is 227. The van der Waals surface area contributed by atoms with Crippen molar-refractivity contribution in [2.45, 2.75) is 31.7 Å². The van der Waals surface area contributed by atoms with Gasteiger partial charge in [0.2, 0.25) is 0 Å². The Kier molecular flexibility index (Phi) is 4.07. The summed E-state index contributed by atoms with van der Waals surface area (Å²) in [6.07, 6.45) is 2.60. The van der Waals surface area contributed by atoms with Gasteiger partial charge in [-0.2, -0.15) is 0 Å². The molecule has 0 aromatic carbocycles. The maximum Gasteiger partial charge on any atom is 0.313 e. The predicted molar refractivity (Wildman–Crippen MR) is 51.9 cm³/mol. The minimum atomic E-state index is -0.435. The highest BCUT2D eigenvalue weighted by Crippen LogP contribution is 2.18. The summed E-state index contributed by atoms with van der Waals surface area (Å²) in [5.41, 5.74) is 0. The van der Waals surface area contributed by atoms with Crippen LogP contribution in [0.1, 0.15) is 25.7 Å². The molecule has 1 saturated heterocycles. The van der Waals surface area contributed by atoms with Gasteiger partial charge < -0.3 is 9.64 Å². The fourth-order valence-electron chi connectivity index (χ4n) is 1.81. The molecule has 4 nitrogen and oxygen atoms in total. The van der Waals surface area contributed by atoms with Crippen LogP contribution >= 0.6 is 0 Å². The summed E-state index contributed by atoms with van der Waals surface area (Å²) in [4.78, 5) is 24.4. The van der Waals surface area contributed by atoms with E-state index in [2.05, 4.69) is 9.64 Å². The summed E-state index contributed by atoms with van der Waals surface area (Å²) >= 11 is 0. The molecule has 80 valence electrons. The number of hydrogen-bond acceptors (Lipinski definition) is 4. The smallest absolute Gasteiger partial charge is 0.313 e. The molecule has 0 aromatic rings. The number of likely N-dealkylation sites (tertiary alicyclic amines) is 1. The molecule has 0 aliphatic carbocycles. The Morgan fingerprint density at radius 1 is 1.50 bits per heavy atom. The van der Waals surface area contributed by atoms with Crippen molar-refractivity contribution in [3.05, 3.63) is 0 Å². The second-order valence-electron chi connectivity index (χ2n) is 3.77. The standard InChI is InChI=1S/C10H17NO3/c1-11-5-3-4-8(11)6-9(12)7-10(13)14-2/h8H,3-7H2,1-2H3/t8-/m0/s1. The molecule has 0 N–H and O–H groups in total. The van der Waals surface area contributed by atoms with E-state index in [0.29, 0.717) is 12.5 Å². The van der Waals surface area contributed by atoms with Crippen LogP contribution in [0.25, 0.3) is 0 Å². The number of ether oxygens (including phenoxy) is 1. The molecule has 4 heteroatoms. The monoisotopic (exact) mass is 199 g/mol. The third-order valence-corrected chi connectivity index (χ3v) is 2.70. The van der Waals surface area contributed by atoms with Gasteiger partial charge in [0.15, 0.2) is 0 Å². The second kappa shape index (κ2) is 5.10. The average molecular weight is 199 g/mol. The molecule has 0 amide bonds. The number of methoxy groups -OCH3 is 1. The first-order valence-electron chi connectivity index (χ1n) is 4.92. The largest absolute Gasteiger partial charge is 0.469 e. The van der Waals surface area contributed by atoms with Crippen LogP contribution in [0.3, 0.4) is 0 Å². The van der Waals surface area contributed by atoms with E-state index in [0.717, 1.165) is 19.4 Å². The lowest BCUT2D eigenvalue weighted by Crippen LogP contribution is -2.28. The van der Waals surface area contributed by atoms with E-state index in [1.165, 1.54) is 7.11 Å². The number of ketones is 1. The molecule has 1 fully saturated rings. The number of nitrogens with zero attached hydrogens (tertiary/aromatic N) is 1. The number of carbonyl (C=O) groups excluding carboxylic acids is 2. The van der Waals surface area contributed by atoms with Gasteiger partial charge in [-0.3, -0.25) is 9.59 Å². The normalized spacial score (nSPS) is 22.3. The van der Waals surface area contributed by atoms with Gasteiger partial charge in [0, 0.05) is 12.5 Å². The number of rotatable bonds is 4. The molecule has 14 heavy (non-hydrogen) atoms. The van der Waals surface area contributed by atoms with E-state index in [4.69, 9.17) is 0 Å². The van der Waals surface area contributed by atoms with Crippen LogP contribution < -0.4 is 0 Å². The molecule has 0 spiro atoms. The molecule has 0 unspecified atom stereocenters. The zero-order chi connectivity index (χ0) is 10.6. The number of esters is 1. The fraction of sp³-hybridized carbons (Fsp3) is 0.800. The summed E-state index contributed by atoms with van der Waals surface area (Å²) in [5.74, 6) is -0.453. The van der Waals surface area contributed by atoms with Crippen LogP contribution in [0.15, 0.2) is 0 Å². The van der Waals surface area contributed by atoms with Crippen LogP contribution in [0, 0.1) is 0 Å². The van der Waals surface area contributed by atoms with Crippen molar-refractivity contribution in [1.29, 1.82) is 0 Å². The van der Waals surface area contributed by atoms with Crippen LogP contribution in [-0.4, -0.2) is 43.4 Å². The highest BCUT2D eigenvalue weighted by Gasteiger charge is 2.24. The quantitative estimate of drug-likeness (QED) is 0.491. The Morgan fingerprint density at radius 3 is 2.71 bits per heavy atom. The summed E-state index contributed by atoms with van der Waals surface area (Å²) in [6.45, 7) is 1.05. The van der Waals surface area contributed by atoms with Gasteiger partial charge in [-0.1, -0.05) is 0 Å². The van der Waals surface area contributed by atoms with Crippen molar-refractivity contribution in [3.63, 3.8) is 0 Å². The predicted octanol–water partition coefficient (Wildman–Crippen LogP) is 0.603. The number of Topliss-reactive ketones (excluding diaryl/α,β-unsaturated/α-hetero) is 1. The average Bonchev–Trinajstić information content (AvgIpc) is 2.51. The molecule has 1 aliphatic rings. The van der Waals surface area contributed by atoms with Gasteiger partial charge in [0.25, 0.3) is 0 Å². The first kappa shape index (κ1) is 11.2. The van der Waals surface area contributed by atoms with E-state index in [1.807, 2.05) is 7.05 Å². The zero-order valence-corrected chi connectivity index (χ0v) is 8.78. The van der Waals surface area contributed by atoms with Crippen molar-refractivity contribution in [1.82, 2.24) is 4.90 Å². The van der Waals surface area contributed by atoms with Gasteiger partial charge in [-0.05, 0) is 26.4 Å². The fourth-order valence-corrected chi connectivity index (χ4v) is 1.81. The highest BCUT2D eigenvalue weighted by atomic mass is 16.5. The van der Waals surface area contributed by atoms with E-state index in [-0.39, 0.29) is 12.2 Å². The summed E-state index contributed by atoms with van der Waals surface area (Å²) in [6, 6.07) is 0.326. The lowest BCUT2D eigenvalue weighted by molar-refractivity contribution is -0.143. The molecular formula is C10H17NO3. The first-order chi connectivity index (χ1) is 6.63. The molecule has 0 radical (unpaired) electrons. The third-order valence-electron chi connectivity index (χ3n) is 2.70. The van der Waals surface area contributed by atoms with Crippen LogP contribution in [0.2, 0.25) is 0 Å². The lowest BCUT2D eigenvalue weighted by atomic mass is 10.1. The van der Waals surface area contributed by atoms with Crippen molar-refractivity contribution in [3.8, 4) is 0 Å². The molecule has 0 saturated carbocycles. The molecule has 1 heterocycles. The number of hydrogen-bond donors (Lipinski definition) is 0. The Labute approximate surface area is 84.2 Å². The first-order valence-corrected chi connectivity index (χ1v) is 4.92. The molecule has 1 atom stereocenters. The maximum absolute atomic E-state index is 11.4. The highest BCUT2D eigenvalue weighted by molar-refractivity contribution is 5.95. The summed E-state index contributed by atoms with van der Waals surface area (Å²) in [5, 5.41) is 0. The topological polar surface area (TPSA) is 46.6 Å². The van der Waals surface area contributed by atoms with E-state index in [1.54, 1.807) is 0 Å². The van der Waals surface area contributed by atoms with Crippen LogP contribution in [0.4, 0.5) is 0 Å². The maximum atomic E-state index is 11.4. The lowest BCUT2D eigenvalue weighted by Gasteiger charge is -2.17. The van der Waals surface area contributed by atoms with E-state index >= 15 is 0 Å². The second-order valence-corrected chi connectivity index (χ2v) is 3.77. The van der Waals surface area contributed by atoms with Crippen molar-refractivity contribution < 1.29 is 14.3 Å². The molecule has 0 aromatic heterocycles. The van der Waals surface area contributed by atoms with Crippen molar-refractivity contribution >= 4 is 11.8 Å². The Morgan fingerprint density at radius 2 is 2.21 bits per heavy atom. The molecule has 1 rings (SSSR count). The molecule has 0 bridgehead atoms. The van der Waals surface area contributed by atoms with Crippen molar-refractivity contribution in [2.75, 3.05) is 20.7 Å². The van der Waals surface area contributed by atoms with Gasteiger partial charge in [0.05, 0.1) is 7.11 Å². The Balaban J connectivity index is 2.29. The molecule has 1 aliphatic heterocycles. The zero-order valence-electron chi connectivity index (χ0n) is 8.78. The minimum absolute atomic E-state index is 0.0180. The summed E-state index contributed by atoms with van der Waals surface area (Å²) < 4.78 is 4.44. The Hall–Kier alpha value is -0.900. The van der Waals surface area contributed by atoms with Gasteiger partial charge >= 0.3 is 5.97 Å². The van der Waals surface area contributed by atoms with Crippen LogP contribution in [-0.2, 0) is 14.3 Å². The van der Waals surface area contributed by atoms with Gasteiger partial charge in [-0.25, -0.2) is 0 Å².